The van der Waals surface area contributed by atoms with Crippen molar-refractivity contribution >= 4 is 16.6 Å². The summed E-state index contributed by atoms with van der Waals surface area (Å²) in [4.78, 5) is 11.5. The normalized spacial score (nSPS) is 15.4. The van der Waals surface area contributed by atoms with Gasteiger partial charge in [0.15, 0.2) is 0 Å². The fraction of sp³-hybridized carbons (Fsp3) is 0.320. The number of hydrogen-bond donors (Lipinski definition) is 3. The van der Waals surface area contributed by atoms with Gasteiger partial charge in [-0.2, -0.15) is 0 Å². The summed E-state index contributed by atoms with van der Waals surface area (Å²) >= 11 is 0. The van der Waals surface area contributed by atoms with Gasteiger partial charge in [0.25, 0.3) is 0 Å². The van der Waals surface area contributed by atoms with E-state index < -0.39 is 5.60 Å². The van der Waals surface area contributed by atoms with Crippen molar-refractivity contribution in [1.29, 1.82) is 0 Å². The molecule has 1 saturated carbocycles. The van der Waals surface area contributed by atoms with E-state index in [-0.39, 0.29) is 19.0 Å². The molecule has 158 valence electrons. The van der Waals surface area contributed by atoms with Crippen LogP contribution in [0.4, 0.5) is 0 Å². The average Bonchev–Trinajstić information content (AvgIpc) is 2.80. The summed E-state index contributed by atoms with van der Waals surface area (Å²) in [6, 6.07) is 22.2. The highest BCUT2D eigenvalue weighted by molar-refractivity contribution is 5.83. The molecule has 0 heterocycles. The molecule has 0 amide bonds. The Morgan fingerprint density at radius 1 is 0.833 bits per heavy atom. The van der Waals surface area contributed by atoms with E-state index in [9.17, 15) is 9.90 Å². The lowest BCUT2D eigenvalue weighted by molar-refractivity contribution is -0.125. The first-order chi connectivity index (χ1) is 14.5. The predicted molar refractivity (Wildman–Crippen MR) is 116 cm³/mol. The number of carbonyl (C=O) groups is 1. The minimum atomic E-state index is -0.920. The third-order valence-corrected chi connectivity index (χ3v) is 5.33. The summed E-state index contributed by atoms with van der Waals surface area (Å²) in [5.74, 6) is 0.972. The molecule has 5 nitrogen and oxygen atoms in total. The number of benzene rings is 3. The van der Waals surface area contributed by atoms with Crippen LogP contribution >= 0.6 is 0 Å². The van der Waals surface area contributed by atoms with Crippen molar-refractivity contribution < 1.29 is 24.9 Å². The Bertz CT molecular complexity index is 970. The Morgan fingerprint density at radius 2 is 1.53 bits per heavy atom. The number of aliphatic hydroxyl groups is 3. The lowest BCUT2D eigenvalue weighted by atomic mass is 9.79. The molecular weight excluding hydrogens is 380 g/mol. The quantitative estimate of drug-likeness (QED) is 0.599. The van der Waals surface area contributed by atoms with E-state index in [1.165, 1.54) is 10.8 Å². The molecule has 0 bridgehead atoms. The van der Waals surface area contributed by atoms with Gasteiger partial charge in [0, 0.05) is 12.8 Å². The summed E-state index contributed by atoms with van der Waals surface area (Å²) in [5, 5.41) is 28.5. The maximum atomic E-state index is 11.5. The van der Waals surface area contributed by atoms with E-state index >= 15 is 0 Å². The van der Waals surface area contributed by atoms with Crippen LogP contribution in [0.15, 0.2) is 66.7 Å². The number of ketones is 1. The van der Waals surface area contributed by atoms with Gasteiger partial charge in [-0.3, -0.25) is 4.79 Å². The number of ether oxygens (including phenoxy) is 1. The molecule has 0 aromatic heterocycles. The van der Waals surface area contributed by atoms with Crippen molar-refractivity contribution in [2.75, 3.05) is 13.2 Å². The van der Waals surface area contributed by atoms with E-state index in [1.54, 1.807) is 0 Å². The summed E-state index contributed by atoms with van der Waals surface area (Å²) in [7, 11) is 0. The van der Waals surface area contributed by atoms with Crippen LogP contribution in [0.25, 0.3) is 10.8 Å². The fourth-order valence-electron chi connectivity index (χ4n) is 3.60. The number of hydrogen-bond acceptors (Lipinski definition) is 5. The zero-order chi connectivity index (χ0) is 21.4. The molecule has 1 aliphatic carbocycles. The van der Waals surface area contributed by atoms with Crippen LogP contribution in [0.1, 0.15) is 36.8 Å². The first kappa shape index (κ1) is 22.0. The Hall–Kier alpha value is -2.73. The van der Waals surface area contributed by atoms with E-state index in [2.05, 4.69) is 30.3 Å². The van der Waals surface area contributed by atoms with Gasteiger partial charge in [-0.05, 0) is 52.9 Å². The molecule has 4 rings (SSSR count). The Morgan fingerprint density at radius 3 is 2.23 bits per heavy atom. The number of carbonyl (C=O) groups excluding carboxylic acids is 1. The first-order valence-electron chi connectivity index (χ1n) is 10.2. The molecule has 0 spiro atoms. The van der Waals surface area contributed by atoms with Gasteiger partial charge >= 0.3 is 0 Å². The molecule has 1 fully saturated rings. The van der Waals surface area contributed by atoms with Crippen LogP contribution in [-0.2, 0) is 17.0 Å². The number of rotatable bonds is 5. The maximum absolute atomic E-state index is 11.5. The molecule has 1 aliphatic rings. The van der Waals surface area contributed by atoms with E-state index in [4.69, 9.17) is 14.9 Å². The number of aliphatic hydroxyl groups excluding tert-OH is 2. The standard InChI is InChI=1S/C23H22O3.C2H6O2/c24-21-10-12-23(25,13-11-21)20-6-3-7-22(15-20)26-16-17-8-9-18-4-1-2-5-19(18)14-17;3-1-2-4/h1-9,14-15,25H,10-13,16H2;3-4H,1-2H2. The van der Waals surface area contributed by atoms with E-state index in [0.29, 0.717) is 32.3 Å². The van der Waals surface area contributed by atoms with E-state index in [0.717, 1.165) is 16.9 Å². The maximum Gasteiger partial charge on any atom is 0.133 e. The monoisotopic (exact) mass is 408 g/mol. The van der Waals surface area contributed by atoms with Gasteiger partial charge < -0.3 is 20.1 Å². The second-order valence-corrected chi connectivity index (χ2v) is 7.52. The SMILES string of the molecule is O=C1CCC(O)(c2cccc(OCc3ccc4ccccc4c3)c2)CC1.OCCO. The van der Waals surface area contributed by atoms with Gasteiger partial charge in [-0.15, -0.1) is 0 Å². The lowest BCUT2D eigenvalue weighted by Gasteiger charge is -2.32. The predicted octanol–water partition coefficient (Wildman–Crippen LogP) is 3.72. The molecule has 30 heavy (non-hydrogen) atoms. The van der Waals surface area contributed by atoms with Crippen molar-refractivity contribution in [2.45, 2.75) is 37.9 Å². The summed E-state index contributed by atoms with van der Waals surface area (Å²) in [6.07, 6.45) is 1.86. The molecule has 3 aromatic rings. The molecule has 0 radical (unpaired) electrons. The van der Waals surface area contributed by atoms with Crippen molar-refractivity contribution in [1.82, 2.24) is 0 Å². The topological polar surface area (TPSA) is 87.0 Å². The molecule has 0 atom stereocenters. The Balaban J connectivity index is 0.000000589. The molecular formula is C25H28O5. The highest BCUT2D eigenvalue weighted by atomic mass is 16.5. The largest absolute Gasteiger partial charge is 0.489 e. The lowest BCUT2D eigenvalue weighted by Crippen LogP contribution is -2.31. The second kappa shape index (κ2) is 10.3. The van der Waals surface area contributed by atoms with Crippen molar-refractivity contribution in [2.24, 2.45) is 0 Å². The minimum absolute atomic E-state index is 0.125. The van der Waals surface area contributed by atoms with Crippen LogP contribution < -0.4 is 4.74 Å². The van der Waals surface area contributed by atoms with Crippen molar-refractivity contribution in [3.8, 4) is 5.75 Å². The molecule has 0 aliphatic heterocycles. The highest BCUT2D eigenvalue weighted by Crippen LogP contribution is 2.37. The molecule has 3 aromatic carbocycles. The first-order valence-corrected chi connectivity index (χ1v) is 10.2. The van der Waals surface area contributed by atoms with Crippen molar-refractivity contribution in [3.05, 3.63) is 77.9 Å². The van der Waals surface area contributed by atoms with Gasteiger partial charge in [0.05, 0.1) is 18.8 Å². The number of fused-ring (bicyclic) bond motifs is 1. The average molecular weight is 408 g/mol. The van der Waals surface area contributed by atoms with Crippen LogP contribution in [0, 0.1) is 0 Å². The van der Waals surface area contributed by atoms with Crippen LogP contribution in [0.3, 0.4) is 0 Å². The summed E-state index contributed by atoms with van der Waals surface area (Å²) < 4.78 is 5.96. The van der Waals surface area contributed by atoms with Crippen LogP contribution in [0.2, 0.25) is 0 Å². The highest BCUT2D eigenvalue weighted by Gasteiger charge is 2.34. The smallest absolute Gasteiger partial charge is 0.133 e. The zero-order valence-electron chi connectivity index (χ0n) is 17.0. The summed E-state index contributed by atoms with van der Waals surface area (Å²) in [5.41, 5.74) is 1.02. The molecule has 0 unspecified atom stereocenters. The van der Waals surface area contributed by atoms with Crippen LogP contribution in [0.5, 0.6) is 5.75 Å². The third kappa shape index (κ3) is 5.66. The van der Waals surface area contributed by atoms with Gasteiger partial charge in [0.2, 0.25) is 0 Å². The Labute approximate surface area is 176 Å². The van der Waals surface area contributed by atoms with E-state index in [1.807, 2.05) is 36.4 Å². The molecule has 0 saturated heterocycles. The molecule has 5 heteroatoms. The van der Waals surface area contributed by atoms with Gasteiger partial charge in [-0.25, -0.2) is 0 Å². The van der Waals surface area contributed by atoms with Gasteiger partial charge in [-0.1, -0.05) is 48.5 Å². The zero-order valence-corrected chi connectivity index (χ0v) is 17.0. The molecule has 3 N–H and O–H groups in total. The second-order valence-electron chi connectivity index (χ2n) is 7.52. The Kier molecular flexibility index (Phi) is 7.57. The summed E-state index contributed by atoms with van der Waals surface area (Å²) in [6.45, 7) is 0.227. The third-order valence-electron chi connectivity index (χ3n) is 5.33. The fourth-order valence-corrected chi connectivity index (χ4v) is 3.60. The van der Waals surface area contributed by atoms with Crippen LogP contribution in [-0.4, -0.2) is 34.3 Å². The number of Topliss-reactive ketones (excluding diaryl/α,β-unsaturated/α-hetero) is 1. The van der Waals surface area contributed by atoms with Gasteiger partial charge in [0.1, 0.15) is 18.1 Å². The minimum Gasteiger partial charge on any atom is -0.489 e. The van der Waals surface area contributed by atoms with Crippen molar-refractivity contribution in [3.63, 3.8) is 0 Å².